The van der Waals surface area contributed by atoms with Crippen LogP contribution in [0.4, 0.5) is 0 Å². The van der Waals surface area contributed by atoms with Crippen LogP contribution in [-0.4, -0.2) is 58.5 Å². The van der Waals surface area contributed by atoms with E-state index in [1.807, 2.05) is 24.3 Å². The maximum absolute atomic E-state index is 13.0. The van der Waals surface area contributed by atoms with Gasteiger partial charge < -0.3 is 10.1 Å². The third kappa shape index (κ3) is 5.18. The molecule has 6 nitrogen and oxygen atoms in total. The molecular formula is C22H31ClN4O2. The molecule has 1 N–H and O–H groups in total. The number of rotatable bonds is 6. The van der Waals surface area contributed by atoms with Crippen molar-refractivity contribution in [3.05, 3.63) is 46.7 Å². The van der Waals surface area contributed by atoms with Crippen LogP contribution in [0.1, 0.15) is 56.6 Å². The van der Waals surface area contributed by atoms with Crippen LogP contribution in [-0.2, 0) is 4.74 Å². The highest BCUT2D eigenvalue weighted by Gasteiger charge is 2.27. The summed E-state index contributed by atoms with van der Waals surface area (Å²) < 4.78 is 7.61. The first kappa shape index (κ1) is 21.8. The summed E-state index contributed by atoms with van der Waals surface area (Å²) in [6, 6.07) is 7.74. The van der Waals surface area contributed by atoms with Crippen LogP contribution in [0, 0.1) is 0 Å². The Morgan fingerprint density at radius 3 is 2.59 bits per heavy atom. The van der Waals surface area contributed by atoms with Gasteiger partial charge in [-0.25, -0.2) is 4.68 Å². The minimum absolute atomic E-state index is 0.0943. The fraction of sp³-hybridized carbons (Fsp3) is 0.545. The number of hydrogen-bond donors (Lipinski definition) is 1. The van der Waals surface area contributed by atoms with E-state index >= 15 is 0 Å². The molecule has 2 heterocycles. The van der Waals surface area contributed by atoms with Crippen molar-refractivity contribution < 1.29 is 9.53 Å². The first-order valence-electron chi connectivity index (χ1n) is 10.3. The number of halogens is 1. The molecule has 0 radical (unpaired) electrons. The van der Waals surface area contributed by atoms with Gasteiger partial charge in [-0.1, -0.05) is 31.5 Å². The van der Waals surface area contributed by atoms with E-state index in [2.05, 4.69) is 49.9 Å². The zero-order valence-electron chi connectivity index (χ0n) is 17.9. The molecule has 1 saturated heterocycles. The second kappa shape index (κ2) is 9.28. The van der Waals surface area contributed by atoms with Gasteiger partial charge in [0.15, 0.2) is 0 Å². The molecule has 1 aromatic heterocycles. The normalized spacial score (nSPS) is 21.3. The van der Waals surface area contributed by atoms with Gasteiger partial charge >= 0.3 is 0 Å². The number of benzene rings is 1. The molecule has 7 heteroatoms. The number of nitrogens with zero attached hydrogens (tertiary/aromatic N) is 3. The average molecular weight is 419 g/mol. The number of aromatic nitrogens is 2. The number of hydrogen-bond acceptors (Lipinski definition) is 4. The summed E-state index contributed by atoms with van der Waals surface area (Å²) in [4.78, 5) is 15.3. The van der Waals surface area contributed by atoms with E-state index in [9.17, 15) is 4.79 Å². The Morgan fingerprint density at radius 2 is 1.97 bits per heavy atom. The summed E-state index contributed by atoms with van der Waals surface area (Å²) in [5.74, 6) is 0.0405. The molecule has 0 saturated carbocycles. The Labute approximate surface area is 178 Å². The largest absolute Gasteiger partial charge is 0.373 e. The van der Waals surface area contributed by atoms with Crippen molar-refractivity contribution in [1.29, 1.82) is 0 Å². The predicted octanol–water partition coefficient (Wildman–Crippen LogP) is 3.88. The lowest BCUT2D eigenvalue weighted by Gasteiger charge is -2.39. The first-order chi connectivity index (χ1) is 13.8. The minimum atomic E-state index is -0.0943. The Bertz CT molecular complexity index is 841. The number of amides is 1. The molecule has 158 valence electrons. The number of morpholine rings is 1. The van der Waals surface area contributed by atoms with Crippen molar-refractivity contribution in [2.45, 2.75) is 58.8 Å². The fourth-order valence-corrected chi connectivity index (χ4v) is 4.13. The molecule has 3 unspecified atom stereocenters. The Kier molecular flexibility index (Phi) is 6.98. The minimum Gasteiger partial charge on any atom is -0.373 e. The Balaban J connectivity index is 1.72. The van der Waals surface area contributed by atoms with Crippen molar-refractivity contribution >= 4 is 17.5 Å². The summed E-state index contributed by atoms with van der Waals surface area (Å²) in [6.07, 6.45) is 2.07. The van der Waals surface area contributed by atoms with Gasteiger partial charge in [0.05, 0.1) is 35.3 Å². The van der Waals surface area contributed by atoms with Gasteiger partial charge in [-0.2, -0.15) is 5.10 Å². The molecule has 3 atom stereocenters. The molecule has 1 aromatic carbocycles. The van der Waals surface area contributed by atoms with Crippen molar-refractivity contribution in [2.75, 3.05) is 19.6 Å². The number of nitrogens with one attached hydrogen (secondary N) is 1. The Morgan fingerprint density at radius 1 is 1.28 bits per heavy atom. The second-order valence-electron chi connectivity index (χ2n) is 8.26. The maximum atomic E-state index is 13.0. The predicted molar refractivity (Wildman–Crippen MR) is 116 cm³/mol. The van der Waals surface area contributed by atoms with Gasteiger partial charge in [-0.15, -0.1) is 0 Å². The molecule has 2 aromatic rings. The topological polar surface area (TPSA) is 59.4 Å². The lowest BCUT2D eigenvalue weighted by Crippen LogP contribution is -2.52. The molecule has 0 bridgehead atoms. The van der Waals surface area contributed by atoms with E-state index in [-0.39, 0.29) is 30.1 Å². The summed E-state index contributed by atoms with van der Waals surface area (Å²) in [7, 11) is 0. The quantitative estimate of drug-likeness (QED) is 0.773. The second-order valence-corrected chi connectivity index (χ2v) is 8.70. The molecular weight excluding hydrogens is 388 g/mol. The Hall–Kier alpha value is -1.89. The highest BCUT2D eigenvalue weighted by molar-refractivity contribution is 6.30. The van der Waals surface area contributed by atoms with Crippen LogP contribution in [0.25, 0.3) is 5.69 Å². The summed E-state index contributed by atoms with van der Waals surface area (Å²) in [5.41, 5.74) is 2.34. The van der Waals surface area contributed by atoms with Crippen LogP contribution in [0.2, 0.25) is 5.02 Å². The molecule has 1 aliphatic heterocycles. The molecule has 3 rings (SSSR count). The third-order valence-electron chi connectivity index (χ3n) is 5.28. The number of carbonyl (C=O) groups is 1. The van der Waals surface area contributed by atoms with Crippen molar-refractivity contribution in [3.8, 4) is 5.69 Å². The molecule has 1 aliphatic rings. The molecule has 0 aliphatic carbocycles. The van der Waals surface area contributed by atoms with Crippen LogP contribution >= 0.6 is 11.6 Å². The van der Waals surface area contributed by atoms with E-state index in [1.54, 1.807) is 10.9 Å². The SMILES string of the molecule is CC1CN(C(C)CNC(=O)c2cnn(-c3cccc(Cl)c3)c2C(C)C)CC(C)O1. The zero-order chi connectivity index (χ0) is 21.1. The molecule has 0 spiro atoms. The van der Waals surface area contributed by atoms with E-state index in [4.69, 9.17) is 16.3 Å². The maximum Gasteiger partial charge on any atom is 0.254 e. The van der Waals surface area contributed by atoms with Gasteiger partial charge in [0.25, 0.3) is 5.91 Å². The standard InChI is InChI=1S/C22H31ClN4O2/c1-14(2)21-20(11-25-27(21)19-8-6-7-18(23)9-19)22(28)24-10-15(3)26-12-16(4)29-17(5)13-26/h6-9,11,14-17H,10,12-13H2,1-5H3,(H,24,28). The zero-order valence-corrected chi connectivity index (χ0v) is 18.6. The van der Waals surface area contributed by atoms with E-state index in [1.165, 1.54) is 0 Å². The smallest absolute Gasteiger partial charge is 0.254 e. The lowest BCUT2D eigenvalue weighted by molar-refractivity contribution is -0.0778. The van der Waals surface area contributed by atoms with Gasteiger partial charge in [-0.05, 0) is 44.9 Å². The van der Waals surface area contributed by atoms with Gasteiger partial charge in [0.1, 0.15) is 0 Å². The average Bonchev–Trinajstić information content (AvgIpc) is 3.10. The third-order valence-corrected chi connectivity index (χ3v) is 5.52. The first-order valence-corrected chi connectivity index (χ1v) is 10.7. The highest BCUT2D eigenvalue weighted by Crippen LogP contribution is 2.24. The molecule has 1 amide bonds. The fourth-order valence-electron chi connectivity index (χ4n) is 3.94. The van der Waals surface area contributed by atoms with E-state index in [0.717, 1.165) is 24.5 Å². The van der Waals surface area contributed by atoms with Crippen LogP contribution in [0.15, 0.2) is 30.5 Å². The van der Waals surface area contributed by atoms with Crippen molar-refractivity contribution in [2.24, 2.45) is 0 Å². The van der Waals surface area contributed by atoms with Gasteiger partial charge in [0, 0.05) is 30.7 Å². The number of carbonyl (C=O) groups excluding carboxylic acids is 1. The monoisotopic (exact) mass is 418 g/mol. The van der Waals surface area contributed by atoms with E-state index in [0.29, 0.717) is 17.1 Å². The molecule has 1 fully saturated rings. The van der Waals surface area contributed by atoms with Crippen LogP contribution in [0.3, 0.4) is 0 Å². The number of ether oxygens (including phenoxy) is 1. The summed E-state index contributed by atoms with van der Waals surface area (Å²) in [6.45, 7) is 12.8. The summed E-state index contributed by atoms with van der Waals surface area (Å²) >= 11 is 6.14. The lowest BCUT2D eigenvalue weighted by atomic mass is 10.0. The van der Waals surface area contributed by atoms with Gasteiger partial charge in [0.2, 0.25) is 0 Å². The van der Waals surface area contributed by atoms with Crippen molar-refractivity contribution in [1.82, 2.24) is 20.0 Å². The van der Waals surface area contributed by atoms with Crippen LogP contribution in [0.5, 0.6) is 0 Å². The summed E-state index contributed by atoms with van der Waals surface area (Å²) in [5, 5.41) is 8.21. The van der Waals surface area contributed by atoms with Crippen LogP contribution < -0.4 is 5.32 Å². The van der Waals surface area contributed by atoms with Crippen molar-refractivity contribution in [3.63, 3.8) is 0 Å². The highest BCUT2D eigenvalue weighted by atomic mass is 35.5. The van der Waals surface area contributed by atoms with E-state index < -0.39 is 0 Å². The van der Waals surface area contributed by atoms with Gasteiger partial charge in [-0.3, -0.25) is 9.69 Å². The molecule has 29 heavy (non-hydrogen) atoms.